The molecule has 0 aromatic carbocycles. The molecule has 1 heterocycles. The molecule has 2 fully saturated rings. The van der Waals surface area contributed by atoms with Crippen molar-refractivity contribution in [3.8, 4) is 0 Å². The minimum absolute atomic E-state index is 0.320. The predicted molar refractivity (Wildman–Crippen MR) is 58.1 cm³/mol. The molecule has 0 spiro atoms. The zero-order valence-corrected chi connectivity index (χ0v) is 9.28. The Morgan fingerprint density at radius 1 is 1.23 bits per heavy atom. The zero-order valence-electron chi connectivity index (χ0n) is 8.46. The molecule has 1 nitrogen and oxygen atoms in total. The Morgan fingerprint density at radius 3 is 2.54 bits per heavy atom. The fourth-order valence-corrected chi connectivity index (χ4v) is 4.19. The molecule has 2 atom stereocenters. The number of rotatable bonds is 1. The van der Waals surface area contributed by atoms with Gasteiger partial charge in [0.25, 0.3) is 0 Å². The minimum Gasteiger partial charge on any atom is -0.388 e. The first-order chi connectivity index (χ1) is 6.23. The molecule has 1 N–H and O–H groups in total. The van der Waals surface area contributed by atoms with Crippen LogP contribution >= 0.6 is 11.8 Å². The first kappa shape index (κ1) is 9.85. The first-order valence-electron chi connectivity index (χ1n) is 5.57. The average Bonchev–Trinajstić information content (AvgIpc) is 2.63. The Balaban J connectivity index is 2.06. The van der Waals surface area contributed by atoms with Gasteiger partial charge in [0.2, 0.25) is 0 Å². The van der Waals surface area contributed by atoms with E-state index in [1.807, 2.05) is 11.8 Å². The van der Waals surface area contributed by atoms with Crippen molar-refractivity contribution in [3.63, 3.8) is 0 Å². The molecule has 2 aliphatic rings. The smallest absolute Gasteiger partial charge is 0.0791 e. The van der Waals surface area contributed by atoms with Gasteiger partial charge in [0.1, 0.15) is 0 Å². The van der Waals surface area contributed by atoms with E-state index in [1.165, 1.54) is 37.9 Å². The molecule has 2 unspecified atom stereocenters. The lowest BCUT2D eigenvalue weighted by atomic mass is 9.80. The van der Waals surface area contributed by atoms with Crippen LogP contribution in [-0.4, -0.2) is 21.7 Å². The Hall–Kier alpha value is 0.310. The summed E-state index contributed by atoms with van der Waals surface area (Å²) in [7, 11) is 0. The molecule has 1 saturated carbocycles. The quantitative estimate of drug-likeness (QED) is 0.702. The largest absolute Gasteiger partial charge is 0.388 e. The van der Waals surface area contributed by atoms with Gasteiger partial charge in [-0.3, -0.25) is 0 Å². The maximum Gasteiger partial charge on any atom is 0.0791 e. The standard InChI is InChI=1S/C11H20OS/c1-9-11(12,7-4-8-13-9)10-5-2-3-6-10/h9-10,12H,2-8H2,1H3. The van der Waals surface area contributed by atoms with E-state index in [1.54, 1.807) is 0 Å². The minimum atomic E-state index is -0.320. The van der Waals surface area contributed by atoms with Crippen molar-refractivity contribution in [2.45, 2.75) is 56.3 Å². The van der Waals surface area contributed by atoms with E-state index in [-0.39, 0.29) is 5.60 Å². The van der Waals surface area contributed by atoms with Crippen molar-refractivity contribution < 1.29 is 5.11 Å². The van der Waals surface area contributed by atoms with E-state index in [0.717, 1.165) is 6.42 Å². The van der Waals surface area contributed by atoms with Crippen LogP contribution in [0.5, 0.6) is 0 Å². The predicted octanol–water partition coefficient (Wildman–Crippen LogP) is 2.82. The second-order valence-corrected chi connectivity index (χ2v) is 6.04. The average molecular weight is 200 g/mol. The van der Waals surface area contributed by atoms with Crippen LogP contribution in [0.1, 0.15) is 45.4 Å². The Labute approximate surface area is 85.3 Å². The Morgan fingerprint density at radius 2 is 1.92 bits per heavy atom. The van der Waals surface area contributed by atoms with Crippen LogP contribution in [0.15, 0.2) is 0 Å². The van der Waals surface area contributed by atoms with Gasteiger partial charge in [-0.1, -0.05) is 19.8 Å². The molecule has 0 aromatic rings. The molecule has 13 heavy (non-hydrogen) atoms. The molecule has 1 saturated heterocycles. The fraction of sp³-hybridized carbons (Fsp3) is 1.00. The Kier molecular flexibility index (Phi) is 2.89. The molecular weight excluding hydrogens is 180 g/mol. The third-order valence-corrected chi connectivity index (χ3v) is 5.29. The second kappa shape index (κ2) is 3.82. The fourth-order valence-electron chi connectivity index (χ4n) is 2.92. The van der Waals surface area contributed by atoms with Gasteiger partial charge in [-0.05, 0) is 37.4 Å². The molecule has 0 aromatic heterocycles. The van der Waals surface area contributed by atoms with Crippen LogP contribution in [0, 0.1) is 5.92 Å². The number of aliphatic hydroxyl groups is 1. The summed E-state index contributed by atoms with van der Waals surface area (Å²) < 4.78 is 0. The summed E-state index contributed by atoms with van der Waals surface area (Å²) in [6.07, 6.45) is 7.46. The third-order valence-electron chi connectivity index (χ3n) is 3.86. The third kappa shape index (κ3) is 1.75. The SMILES string of the molecule is CC1SCCCC1(O)C1CCCC1. The number of thioether (sulfide) groups is 1. The van der Waals surface area contributed by atoms with Gasteiger partial charge in [-0.25, -0.2) is 0 Å². The molecule has 2 rings (SSSR count). The maximum atomic E-state index is 10.6. The summed E-state index contributed by atoms with van der Waals surface area (Å²) in [5.41, 5.74) is -0.320. The second-order valence-electron chi connectivity index (χ2n) is 4.59. The van der Waals surface area contributed by atoms with Crippen LogP contribution < -0.4 is 0 Å². The van der Waals surface area contributed by atoms with Crippen molar-refractivity contribution in [2.24, 2.45) is 5.92 Å². The van der Waals surface area contributed by atoms with E-state index in [0.29, 0.717) is 11.2 Å². The van der Waals surface area contributed by atoms with E-state index in [9.17, 15) is 5.11 Å². The molecule has 1 aliphatic heterocycles. The molecule has 1 aliphatic carbocycles. The summed E-state index contributed by atoms with van der Waals surface area (Å²) in [5, 5.41) is 11.1. The molecule has 0 amide bonds. The normalized spacial score (nSPS) is 42.5. The van der Waals surface area contributed by atoms with Crippen LogP contribution in [0.4, 0.5) is 0 Å². The zero-order chi connectivity index (χ0) is 9.31. The van der Waals surface area contributed by atoms with Crippen molar-refractivity contribution in [2.75, 3.05) is 5.75 Å². The van der Waals surface area contributed by atoms with Crippen molar-refractivity contribution in [1.29, 1.82) is 0 Å². The van der Waals surface area contributed by atoms with Gasteiger partial charge in [0, 0.05) is 5.25 Å². The highest BCUT2D eigenvalue weighted by Gasteiger charge is 2.44. The molecule has 2 heteroatoms. The van der Waals surface area contributed by atoms with Gasteiger partial charge in [-0.2, -0.15) is 11.8 Å². The molecular formula is C11H20OS. The van der Waals surface area contributed by atoms with E-state index >= 15 is 0 Å². The van der Waals surface area contributed by atoms with Crippen molar-refractivity contribution in [3.05, 3.63) is 0 Å². The van der Waals surface area contributed by atoms with Gasteiger partial charge >= 0.3 is 0 Å². The van der Waals surface area contributed by atoms with Crippen LogP contribution in [0.25, 0.3) is 0 Å². The van der Waals surface area contributed by atoms with E-state index in [2.05, 4.69) is 6.92 Å². The highest BCUT2D eigenvalue weighted by molar-refractivity contribution is 8.00. The topological polar surface area (TPSA) is 20.2 Å². The summed E-state index contributed by atoms with van der Waals surface area (Å²) in [5.74, 6) is 1.85. The van der Waals surface area contributed by atoms with Gasteiger partial charge < -0.3 is 5.11 Å². The highest BCUT2D eigenvalue weighted by atomic mass is 32.2. The van der Waals surface area contributed by atoms with Gasteiger partial charge in [0.05, 0.1) is 5.60 Å². The lowest BCUT2D eigenvalue weighted by Gasteiger charge is -2.42. The lowest BCUT2D eigenvalue weighted by Crippen LogP contribution is -2.47. The summed E-state index contributed by atoms with van der Waals surface area (Å²) in [4.78, 5) is 0. The van der Waals surface area contributed by atoms with Crippen molar-refractivity contribution >= 4 is 11.8 Å². The highest BCUT2D eigenvalue weighted by Crippen LogP contribution is 2.45. The van der Waals surface area contributed by atoms with Crippen LogP contribution in [0.3, 0.4) is 0 Å². The van der Waals surface area contributed by atoms with Gasteiger partial charge in [0.15, 0.2) is 0 Å². The summed E-state index contributed by atoms with van der Waals surface area (Å²) in [6.45, 7) is 2.21. The molecule has 0 bridgehead atoms. The van der Waals surface area contributed by atoms with E-state index < -0.39 is 0 Å². The summed E-state index contributed by atoms with van der Waals surface area (Å²) >= 11 is 1.96. The maximum absolute atomic E-state index is 10.6. The first-order valence-corrected chi connectivity index (χ1v) is 6.62. The Bertz CT molecular complexity index is 177. The lowest BCUT2D eigenvalue weighted by molar-refractivity contribution is -0.0253. The van der Waals surface area contributed by atoms with Crippen molar-refractivity contribution in [1.82, 2.24) is 0 Å². The number of hydrogen-bond donors (Lipinski definition) is 1. The van der Waals surface area contributed by atoms with Crippen LogP contribution in [-0.2, 0) is 0 Å². The summed E-state index contributed by atoms with van der Waals surface area (Å²) in [6, 6.07) is 0. The molecule has 0 radical (unpaired) electrons. The number of hydrogen-bond acceptors (Lipinski definition) is 2. The molecule has 76 valence electrons. The van der Waals surface area contributed by atoms with E-state index in [4.69, 9.17) is 0 Å². The monoisotopic (exact) mass is 200 g/mol. The van der Waals surface area contributed by atoms with Crippen LogP contribution in [0.2, 0.25) is 0 Å². The van der Waals surface area contributed by atoms with Gasteiger partial charge in [-0.15, -0.1) is 0 Å².